The van der Waals surface area contributed by atoms with Crippen LogP contribution in [0.2, 0.25) is 5.02 Å². The van der Waals surface area contributed by atoms with E-state index in [1.54, 1.807) is 0 Å². The van der Waals surface area contributed by atoms with Gasteiger partial charge in [0.2, 0.25) is 0 Å². The quantitative estimate of drug-likeness (QED) is 0.739. The summed E-state index contributed by atoms with van der Waals surface area (Å²) >= 11 is 5.94. The fourth-order valence-electron chi connectivity index (χ4n) is 2.86. The van der Waals surface area contributed by atoms with Gasteiger partial charge in [0, 0.05) is 17.4 Å². The van der Waals surface area contributed by atoms with Crippen LogP contribution in [-0.4, -0.2) is 12.6 Å². The highest BCUT2D eigenvalue weighted by Gasteiger charge is 2.27. The second kappa shape index (κ2) is 6.95. The lowest BCUT2D eigenvalue weighted by atomic mass is 9.85. The van der Waals surface area contributed by atoms with Crippen LogP contribution in [-0.2, 0) is 9.53 Å². The zero-order chi connectivity index (χ0) is 13.7. The van der Waals surface area contributed by atoms with Gasteiger partial charge in [0.1, 0.15) is 0 Å². The summed E-state index contributed by atoms with van der Waals surface area (Å²) in [7, 11) is 0. The molecule has 19 heavy (non-hydrogen) atoms. The van der Waals surface area contributed by atoms with Crippen LogP contribution in [0.15, 0.2) is 24.3 Å². The van der Waals surface area contributed by atoms with Crippen molar-refractivity contribution in [3.63, 3.8) is 0 Å². The predicted octanol–water partition coefficient (Wildman–Crippen LogP) is 4.57. The van der Waals surface area contributed by atoms with Gasteiger partial charge in [-0.1, -0.05) is 43.5 Å². The number of rotatable bonds is 5. The zero-order valence-electron chi connectivity index (χ0n) is 11.4. The molecule has 0 saturated heterocycles. The lowest BCUT2D eigenvalue weighted by molar-refractivity contribution is -0.144. The summed E-state index contributed by atoms with van der Waals surface area (Å²) in [6, 6.07) is 7.96. The third-order valence-electron chi connectivity index (χ3n) is 3.98. The number of carbonyl (C=O) groups is 1. The molecular weight excluding hydrogens is 260 g/mol. The Morgan fingerprint density at radius 2 is 1.95 bits per heavy atom. The molecule has 0 heterocycles. The maximum Gasteiger partial charge on any atom is 0.305 e. The highest BCUT2D eigenvalue weighted by atomic mass is 35.5. The van der Waals surface area contributed by atoms with E-state index in [1.807, 2.05) is 19.1 Å². The molecule has 1 saturated carbocycles. The molecule has 0 amide bonds. The third kappa shape index (κ3) is 3.97. The minimum Gasteiger partial charge on any atom is -0.465 e. The molecule has 3 heteroatoms. The normalized spacial score (nSPS) is 17.4. The van der Waals surface area contributed by atoms with Gasteiger partial charge < -0.3 is 4.74 Å². The Balaban J connectivity index is 2.08. The Labute approximate surface area is 120 Å². The highest BCUT2D eigenvalue weighted by molar-refractivity contribution is 6.30. The molecule has 0 radical (unpaired) electrons. The lowest BCUT2D eigenvalue weighted by Gasteiger charge is -2.23. The van der Waals surface area contributed by atoms with E-state index in [-0.39, 0.29) is 5.97 Å². The summed E-state index contributed by atoms with van der Waals surface area (Å²) < 4.78 is 5.38. The van der Waals surface area contributed by atoms with E-state index in [0.29, 0.717) is 24.9 Å². The van der Waals surface area contributed by atoms with Crippen LogP contribution < -0.4 is 0 Å². The smallest absolute Gasteiger partial charge is 0.305 e. The molecule has 1 aromatic rings. The first-order valence-electron chi connectivity index (χ1n) is 7.11. The number of carbonyl (C=O) groups excluding carboxylic acids is 1. The van der Waals surface area contributed by atoms with E-state index in [4.69, 9.17) is 16.3 Å². The minimum atomic E-state index is -0.114. The molecule has 1 aromatic carbocycles. The van der Waals surface area contributed by atoms with Gasteiger partial charge >= 0.3 is 5.97 Å². The SMILES string of the molecule is CCC(=O)OCC(c1ccc(Cl)cc1)C1CCCC1. The van der Waals surface area contributed by atoms with Crippen LogP contribution in [0.25, 0.3) is 0 Å². The van der Waals surface area contributed by atoms with Crippen LogP contribution in [0, 0.1) is 5.92 Å². The van der Waals surface area contributed by atoms with Crippen LogP contribution >= 0.6 is 11.6 Å². The first kappa shape index (κ1) is 14.4. The molecular formula is C16H21ClO2. The molecule has 2 rings (SSSR count). The Bertz CT molecular complexity index is 407. The molecule has 0 spiro atoms. The van der Waals surface area contributed by atoms with Crippen molar-refractivity contribution < 1.29 is 9.53 Å². The van der Waals surface area contributed by atoms with Crippen molar-refractivity contribution in [2.45, 2.75) is 44.9 Å². The zero-order valence-corrected chi connectivity index (χ0v) is 12.2. The fourth-order valence-corrected chi connectivity index (χ4v) is 2.98. The summed E-state index contributed by atoms with van der Waals surface area (Å²) in [5.74, 6) is 0.832. The molecule has 0 aliphatic heterocycles. The number of hydrogen-bond acceptors (Lipinski definition) is 2. The van der Waals surface area contributed by atoms with E-state index < -0.39 is 0 Å². The number of halogens is 1. The summed E-state index contributed by atoms with van der Waals surface area (Å²) in [6.45, 7) is 2.33. The Hall–Kier alpha value is -1.02. The molecule has 1 fully saturated rings. The van der Waals surface area contributed by atoms with Gasteiger partial charge in [-0.3, -0.25) is 4.79 Å². The van der Waals surface area contributed by atoms with Gasteiger partial charge in [0.15, 0.2) is 0 Å². The van der Waals surface area contributed by atoms with Crippen LogP contribution in [0.1, 0.15) is 50.5 Å². The maximum absolute atomic E-state index is 11.4. The van der Waals surface area contributed by atoms with Gasteiger partial charge in [0.05, 0.1) is 6.61 Å². The molecule has 0 N–H and O–H groups in total. The average Bonchev–Trinajstić information content (AvgIpc) is 2.94. The van der Waals surface area contributed by atoms with Crippen molar-refractivity contribution in [3.8, 4) is 0 Å². The lowest BCUT2D eigenvalue weighted by Crippen LogP contribution is -2.18. The molecule has 1 aliphatic carbocycles. The van der Waals surface area contributed by atoms with Crippen molar-refractivity contribution in [1.29, 1.82) is 0 Å². The molecule has 104 valence electrons. The van der Waals surface area contributed by atoms with E-state index in [2.05, 4.69) is 12.1 Å². The van der Waals surface area contributed by atoms with Crippen LogP contribution in [0.3, 0.4) is 0 Å². The molecule has 2 nitrogen and oxygen atoms in total. The van der Waals surface area contributed by atoms with Gasteiger partial charge in [-0.15, -0.1) is 0 Å². The maximum atomic E-state index is 11.4. The fraction of sp³-hybridized carbons (Fsp3) is 0.562. The topological polar surface area (TPSA) is 26.3 Å². The van der Waals surface area contributed by atoms with E-state index in [0.717, 1.165) is 5.02 Å². The predicted molar refractivity (Wildman–Crippen MR) is 77.4 cm³/mol. The summed E-state index contributed by atoms with van der Waals surface area (Å²) in [5, 5.41) is 0.750. The Morgan fingerprint density at radius 3 is 2.53 bits per heavy atom. The first-order chi connectivity index (χ1) is 9.20. The highest BCUT2D eigenvalue weighted by Crippen LogP contribution is 2.37. The summed E-state index contributed by atoms with van der Waals surface area (Å²) in [4.78, 5) is 11.4. The second-order valence-electron chi connectivity index (χ2n) is 5.24. The largest absolute Gasteiger partial charge is 0.465 e. The standard InChI is InChI=1S/C16H21ClO2/c1-2-16(18)19-11-15(12-5-3-4-6-12)13-7-9-14(17)10-8-13/h7-10,12,15H,2-6,11H2,1H3. The van der Waals surface area contributed by atoms with Gasteiger partial charge in [0.25, 0.3) is 0 Å². The van der Waals surface area contributed by atoms with Crippen molar-refractivity contribution in [1.82, 2.24) is 0 Å². The number of esters is 1. The number of benzene rings is 1. The number of ether oxygens (including phenoxy) is 1. The Morgan fingerprint density at radius 1 is 1.32 bits per heavy atom. The third-order valence-corrected chi connectivity index (χ3v) is 4.23. The Kier molecular flexibility index (Phi) is 5.26. The van der Waals surface area contributed by atoms with Crippen molar-refractivity contribution in [3.05, 3.63) is 34.9 Å². The minimum absolute atomic E-state index is 0.114. The molecule has 1 atom stereocenters. The van der Waals surface area contributed by atoms with E-state index >= 15 is 0 Å². The first-order valence-corrected chi connectivity index (χ1v) is 7.49. The van der Waals surface area contributed by atoms with Crippen molar-refractivity contribution in [2.24, 2.45) is 5.92 Å². The summed E-state index contributed by atoms with van der Waals surface area (Å²) in [6.07, 6.45) is 5.49. The molecule has 1 unspecified atom stereocenters. The summed E-state index contributed by atoms with van der Waals surface area (Å²) in [5.41, 5.74) is 1.24. The van der Waals surface area contributed by atoms with Gasteiger partial charge in [-0.05, 0) is 36.5 Å². The molecule has 0 bridgehead atoms. The van der Waals surface area contributed by atoms with Gasteiger partial charge in [-0.2, -0.15) is 0 Å². The van der Waals surface area contributed by atoms with Crippen LogP contribution in [0.4, 0.5) is 0 Å². The monoisotopic (exact) mass is 280 g/mol. The van der Waals surface area contributed by atoms with Crippen LogP contribution in [0.5, 0.6) is 0 Å². The van der Waals surface area contributed by atoms with E-state index in [9.17, 15) is 4.79 Å². The average molecular weight is 281 g/mol. The van der Waals surface area contributed by atoms with Crippen molar-refractivity contribution >= 4 is 17.6 Å². The van der Waals surface area contributed by atoms with Gasteiger partial charge in [-0.25, -0.2) is 0 Å². The second-order valence-corrected chi connectivity index (χ2v) is 5.68. The van der Waals surface area contributed by atoms with E-state index in [1.165, 1.54) is 31.2 Å². The number of hydrogen-bond donors (Lipinski definition) is 0. The molecule has 0 aromatic heterocycles. The van der Waals surface area contributed by atoms with Crippen molar-refractivity contribution in [2.75, 3.05) is 6.61 Å². The molecule has 1 aliphatic rings.